The van der Waals surface area contributed by atoms with Crippen LogP contribution in [0.2, 0.25) is 0 Å². The maximum Gasteiger partial charge on any atom is 0.417 e. The zero-order chi connectivity index (χ0) is 20.1. The third-order valence-corrected chi connectivity index (χ3v) is 3.83. The number of amides is 1. The van der Waals surface area contributed by atoms with Crippen LogP contribution in [0.1, 0.15) is 21.7 Å². The summed E-state index contributed by atoms with van der Waals surface area (Å²) in [4.78, 5) is 12.0. The van der Waals surface area contributed by atoms with Crippen LogP contribution in [0.4, 0.5) is 13.2 Å². The summed E-state index contributed by atoms with van der Waals surface area (Å²) in [5.74, 6) is 0.410. The van der Waals surface area contributed by atoms with Gasteiger partial charge in [-0.25, -0.2) is 5.43 Å². The van der Waals surface area contributed by atoms with Gasteiger partial charge in [-0.1, -0.05) is 18.2 Å². The van der Waals surface area contributed by atoms with E-state index in [1.54, 1.807) is 24.3 Å². The van der Waals surface area contributed by atoms with Crippen LogP contribution >= 0.6 is 0 Å². The average molecular weight is 388 g/mol. The SMILES string of the molecule is COc1ccc(C(=O)N/N=C\c2ccc(-c3ccccc3C(F)(F)F)o2)cc1. The molecule has 3 rings (SSSR count). The van der Waals surface area contributed by atoms with Gasteiger partial charge in [0.1, 0.15) is 17.3 Å². The molecule has 0 radical (unpaired) electrons. The molecule has 1 N–H and O–H groups in total. The molecule has 5 nitrogen and oxygen atoms in total. The third-order valence-electron chi connectivity index (χ3n) is 3.83. The van der Waals surface area contributed by atoms with Crippen molar-refractivity contribution in [3.8, 4) is 17.1 Å². The van der Waals surface area contributed by atoms with Gasteiger partial charge < -0.3 is 9.15 Å². The summed E-state index contributed by atoms with van der Waals surface area (Å²) >= 11 is 0. The second-order valence-corrected chi connectivity index (χ2v) is 5.67. The van der Waals surface area contributed by atoms with E-state index in [9.17, 15) is 18.0 Å². The molecule has 8 heteroatoms. The monoisotopic (exact) mass is 388 g/mol. The zero-order valence-electron chi connectivity index (χ0n) is 14.7. The second-order valence-electron chi connectivity index (χ2n) is 5.67. The summed E-state index contributed by atoms with van der Waals surface area (Å²) in [7, 11) is 1.52. The highest BCUT2D eigenvalue weighted by atomic mass is 19.4. The van der Waals surface area contributed by atoms with Crippen molar-refractivity contribution in [1.29, 1.82) is 0 Å². The van der Waals surface area contributed by atoms with E-state index in [-0.39, 0.29) is 17.1 Å². The predicted molar refractivity (Wildman–Crippen MR) is 97.2 cm³/mol. The molecule has 0 unspecified atom stereocenters. The normalized spacial score (nSPS) is 11.6. The van der Waals surface area contributed by atoms with E-state index in [0.29, 0.717) is 11.3 Å². The van der Waals surface area contributed by atoms with E-state index in [4.69, 9.17) is 9.15 Å². The van der Waals surface area contributed by atoms with Gasteiger partial charge in [0.05, 0.1) is 18.9 Å². The minimum atomic E-state index is -4.50. The van der Waals surface area contributed by atoms with Crippen LogP contribution in [0.15, 0.2) is 70.2 Å². The summed E-state index contributed by atoms with van der Waals surface area (Å²) in [5.41, 5.74) is 1.83. The molecule has 3 aromatic rings. The first-order chi connectivity index (χ1) is 13.4. The maximum atomic E-state index is 13.1. The molecular formula is C20H15F3N2O3. The molecule has 0 saturated heterocycles. The number of rotatable bonds is 5. The minimum absolute atomic E-state index is 0.0517. The summed E-state index contributed by atoms with van der Waals surface area (Å²) in [6, 6.07) is 14.4. The number of hydrogen-bond acceptors (Lipinski definition) is 4. The first-order valence-corrected chi connectivity index (χ1v) is 8.12. The largest absolute Gasteiger partial charge is 0.497 e. The number of halogens is 3. The number of carbonyl (C=O) groups excluding carboxylic acids is 1. The average Bonchev–Trinajstić information content (AvgIpc) is 3.16. The van der Waals surface area contributed by atoms with Gasteiger partial charge in [0, 0.05) is 11.1 Å². The topological polar surface area (TPSA) is 63.8 Å². The number of furan rings is 1. The Bertz CT molecular complexity index is 992. The van der Waals surface area contributed by atoms with Crippen molar-refractivity contribution in [3.63, 3.8) is 0 Å². The molecular weight excluding hydrogens is 373 g/mol. The Kier molecular flexibility index (Phi) is 5.49. The van der Waals surface area contributed by atoms with Crippen LogP contribution in [0, 0.1) is 0 Å². The molecule has 0 aliphatic heterocycles. The molecule has 28 heavy (non-hydrogen) atoms. The number of carbonyl (C=O) groups is 1. The fraction of sp³-hybridized carbons (Fsp3) is 0.100. The fourth-order valence-electron chi connectivity index (χ4n) is 2.47. The number of nitrogens with one attached hydrogen (secondary N) is 1. The highest BCUT2D eigenvalue weighted by Crippen LogP contribution is 2.37. The lowest BCUT2D eigenvalue weighted by atomic mass is 10.1. The van der Waals surface area contributed by atoms with Gasteiger partial charge >= 0.3 is 6.18 Å². The fourth-order valence-corrected chi connectivity index (χ4v) is 2.47. The van der Waals surface area contributed by atoms with E-state index in [1.807, 2.05) is 0 Å². The molecule has 1 aromatic heterocycles. The smallest absolute Gasteiger partial charge is 0.417 e. The number of benzene rings is 2. The highest BCUT2D eigenvalue weighted by Gasteiger charge is 2.34. The van der Waals surface area contributed by atoms with E-state index < -0.39 is 17.6 Å². The van der Waals surface area contributed by atoms with Crippen LogP contribution in [-0.2, 0) is 6.18 Å². The van der Waals surface area contributed by atoms with E-state index >= 15 is 0 Å². The summed E-state index contributed by atoms with van der Waals surface area (Å²) in [5, 5.41) is 3.77. The molecule has 0 atom stereocenters. The Morgan fingerprint density at radius 3 is 2.46 bits per heavy atom. The third kappa shape index (κ3) is 4.40. The Morgan fingerprint density at radius 1 is 1.07 bits per heavy atom. The number of alkyl halides is 3. The van der Waals surface area contributed by atoms with Crippen LogP contribution in [0.5, 0.6) is 5.75 Å². The van der Waals surface area contributed by atoms with E-state index in [1.165, 1.54) is 43.7 Å². The first kappa shape index (κ1) is 19.2. The first-order valence-electron chi connectivity index (χ1n) is 8.12. The zero-order valence-corrected chi connectivity index (χ0v) is 14.7. The van der Waals surface area contributed by atoms with Crippen LogP contribution in [-0.4, -0.2) is 19.2 Å². The number of hydrazone groups is 1. The van der Waals surface area contributed by atoms with Gasteiger partial charge in [-0.15, -0.1) is 0 Å². The minimum Gasteiger partial charge on any atom is -0.497 e. The van der Waals surface area contributed by atoms with Crippen molar-refractivity contribution in [3.05, 3.63) is 77.6 Å². The molecule has 0 spiro atoms. The van der Waals surface area contributed by atoms with Crippen molar-refractivity contribution in [1.82, 2.24) is 5.43 Å². The maximum absolute atomic E-state index is 13.1. The number of methoxy groups -OCH3 is 1. The van der Waals surface area contributed by atoms with Gasteiger partial charge in [-0.2, -0.15) is 18.3 Å². The summed E-state index contributed by atoms with van der Waals surface area (Å²) in [6.45, 7) is 0. The quantitative estimate of drug-likeness (QED) is 0.507. The molecule has 0 aliphatic carbocycles. The van der Waals surface area contributed by atoms with E-state index in [2.05, 4.69) is 10.5 Å². The van der Waals surface area contributed by atoms with Crippen LogP contribution < -0.4 is 10.2 Å². The molecule has 1 amide bonds. The highest BCUT2D eigenvalue weighted by molar-refractivity contribution is 5.94. The standard InChI is InChI=1S/C20H15F3N2O3/c1-27-14-8-6-13(7-9-14)19(26)25-24-12-15-10-11-18(28-15)16-4-2-3-5-17(16)20(21,22)23/h2-12H,1H3,(H,25,26)/b24-12-. The molecule has 1 heterocycles. The number of ether oxygens (including phenoxy) is 1. The molecule has 144 valence electrons. The van der Waals surface area contributed by atoms with Crippen molar-refractivity contribution in [2.75, 3.05) is 7.11 Å². The summed E-state index contributed by atoms with van der Waals surface area (Å²) < 4.78 is 49.8. The molecule has 2 aromatic carbocycles. The van der Waals surface area contributed by atoms with Gasteiger partial charge in [0.2, 0.25) is 0 Å². The van der Waals surface area contributed by atoms with Gasteiger partial charge in [-0.3, -0.25) is 4.79 Å². The van der Waals surface area contributed by atoms with Crippen LogP contribution in [0.25, 0.3) is 11.3 Å². The van der Waals surface area contributed by atoms with Crippen molar-refractivity contribution >= 4 is 12.1 Å². The lowest BCUT2D eigenvalue weighted by Gasteiger charge is -2.10. The molecule has 0 saturated carbocycles. The number of nitrogens with zero attached hydrogens (tertiary/aromatic N) is 1. The lowest BCUT2D eigenvalue weighted by Crippen LogP contribution is -2.17. The Balaban J connectivity index is 1.70. The second kappa shape index (κ2) is 7.99. The Labute approximate surface area is 158 Å². The Hall–Kier alpha value is -3.55. The predicted octanol–water partition coefficient (Wildman–Crippen LogP) is 4.74. The Morgan fingerprint density at radius 2 is 1.79 bits per heavy atom. The van der Waals surface area contributed by atoms with Crippen LogP contribution in [0.3, 0.4) is 0 Å². The van der Waals surface area contributed by atoms with Gasteiger partial charge in [0.15, 0.2) is 0 Å². The molecule has 0 fully saturated rings. The van der Waals surface area contributed by atoms with Gasteiger partial charge in [-0.05, 0) is 42.5 Å². The van der Waals surface area contributed by atoms with Crippen molar-refractivity contribution in [2.24, 2.45) is 5.10 Å². The number of hydrogen-bond donors (Lipinski definition) is 1. The van der Waals surface area contributed by atoms with Crippen molar-refractivity contribution < 1.29 is 27.1 Å². The molecule has 0 aliphatic rings. The lowest BCUT2D eigenvalue weighted by molar-refractivity contribution is -0.137. The van der Waals surface area contributed by atoms with Crippen molar-refractivity contribution in [2.45, 2.75) is 6.18 Å². The van der Waals surface area contributed by atoms with E-state index in [0.717, 1.165) is 6.07 Å². The molecule has 0 bridgehead atoms. The summed E-state index contributed by atoms with van der Waals surface area (Å²) in [6.07, 6.45) is -3.29. The van der Waals surface area contributed by atoms with Gasteiger partial charge in [0.25, 0.3) is 5.91 Å².